The lowest BCUT2D eigenvalue weighted by atomic mass is 10.3. The summed E-state index contributed by atoms with van der Waals surface area (Å²) in [6.07, 6.45) is 1.46. The van der Waals surface area contributed by atoms with Crippen molar-refractivity contribution in [3.05, 3.63) is 48.4 Å². The van der Waals surface area contributed by atoms with Crippen LogP contribution in [-0.4, -0.2) is 20.2 Å². The number of benzene rings is 1. The van der Waals surface area contributed by atoms with Gasteiger partial charge in [-0.2, -0.15) is 0 Å². The Morgan fingerprint density at radius 3 is 2.71 bits per heavy atom. The van der Waals surface area contributed by atoms with Gasteiger partial charge in [0, 0.05) is 12.1 Å². The average molecular weight is 348 g/mol. The highest BCUT2D eigenvalue weighted by molar-refractivity contribution is 7.92. The number of nitrogens with one attached hydrogen (secondary N) is 1. The smallest absolute Gasteiger partial charge is 0.265 e. The van der Waals surface area contributed by atoms with Gasteiger partial charge >= 0.3 is 0 Å². The minimum Gasteiger partial charge on any atom is -0.492 e. The van der Waals surface area contributed by atoms with Crippen LogP contribution in [0.15, 0.2) is 56.4 Å². The van der Waals surface area contributed by atoms with E-state index in [2.05, 4.69) is 9.88 Å². The third-order valence-electron chi connectivity index (χ3n) is 3.27. The van der Waals surface area contributed by atoms with Crippen LogP contribution in [0.1, 0.15) is 12.7 Å². The van der Waals surface area contributed by atoms with Crippen molar-refractivity contribution >= 4 is 15.7 Å². The van der Waals surface area contributed by atoms with Gasteiger partial charge in [-0.15, -0.1) is 0 Å². The van der Waals surface area contributed by atoms with Crippen molar-refractivity contribution in [2.45, 2.75) is 18.7 Å². The molecule has 1 N–H and O–H groups in total. The summed E-state index contributed by atoms with van der Waals surface area (Å²) >= 11 is 0. The molecule has 1 aromatic carbocycles. The number of aryl methyl sites for hydroxylation is 1. The molecule has 0 unspecified atom stereocenters. The van der Waals surface area contributed by atoms with Crippen molar-refractivity contribution in [2.24, 2.45) is 0 Å². The average Bonchev–Trinajstić information content (AvgIpc) is 3.18. The van der Waals surface area contributed by atoms with Gasteiger partial charge in [0.05, 0.1) is 18.5 Å². The van der Waals surface area contributed by atoms with E-state index in [1.54, 1.807) is 37.3 Å². The van der Waals surface area contributed by atoms with Crippen molar-refractivity contribution in [3.63, 3.8) is 0 Å². The van der Waals surface area contributed by atoms with Gasteiger partial charge in [-0.25, -0.2) is 8.42 Å². The SMILES string of the molecule is CCOc1ccccc1NS(=O)(=O)c1cc(-c2ccno2)oc1C. The van der Waals surface area contributed by atoms with E-state index < -0.39 is 10.0 Å². The second-order valence-corrected chi connectivity index (χ2v) is 6.59. The van der Waals surface area contributed by atoms with Crippen LogP contribution in [0.2, 0.25) is 0 Å². The maximum atomic E-state index is 12.7. The molecule has 126 valence electrons. The fourth-order valence-electron chi connectivity index (χ4n) is 2.23. The van der Waals surface area contributed by atoms with E-state index >= 15 is 0 Å². The fourth-order valence-corrected chi connectivity index (χ4v) is 3.48. The molecule has 0 aliphatic carbocycles. The molecule has 0 fully saturated rings. The van der Waals surface area contributed by atoms with E-state index in [0.717, 1.165) is 0 Å². The first-order valence-corrected chi connectivity index (χ1v) is 8.75. The van der Waals surface area contributed by atoms with Crippen LogP contribution >= 0.6 is 0 Å². The molecule has 0 atom stereocenters. The van der Waals surface area contributed by atoms with E-state index in [1.807, 2.05) is 6.92 Å². The van der Waals surface area contributed by atoms with E-state index in [4.69, 9.17) is 13.7 Å². The number of nitrogens with zero attached hydrogens (tertiary/aromatic N) is 1. The zero-order chi connectivity index (χ0) is 17.2. The Morgan fingerprint density at radius 1 is 1.21 bits per heavy atom. The summed E-state index contributed by atoms with van der Waals surface area (Å²) in [6.45, 7) is 3.83. The number of rotatable bonds is 6. The predicted molar refractivity (Wildman–Crippen MR) is 87.4 cm³/mol. The molecule has 0 saturated carbocycles. The Labute approximate surface area is 139 Å². The van der Waals surface area contributed by atoms with Gasteiger partial charge in [-0.3, -0.25) is 4.72 Å². The number of ether oxygens (including phenoxy) is 1. The van der Waals surface area contributed by atoms with Crippen molar-refractivity contribution in [2.75, 3.05) is 11.3 Å². The molecule has 7 nitrogen and oxygen atoms in total. The van der Waals surface area contributed by atoms with Gasteiger partial charge in [0.25, 0.3) is 10.0 Å². The van der Waals surface area contributed by atoms with Gasteiger partial charge in [0.15, 0.2) is 5.76 Å². The van der Waals surface area contributed by atoms with Crippen LogP contribution in [0.4, 0.5) is 5.69 Å². The lowest BCUT2D eigenvalue weighted by molar-refractivity contribution is 0.342. The molecule has 0 aliphatic rings. The topological polar surface area (TPSA) is 94.6 Å². The zero-order valence-corrected chi connectivity index (χ0v) is 14.0. The van der Waals surface area contributed by atoms with Gasteiger partial charge in [-0.1, -0.05) is 17.3 Å². The standard InChI is InChI=1S/C16H16N2O5S/c1-3-21-13-7-5-4-6-12(13)18-24(19,20)16-10-15(22-11(16)2)14-8-9-17-23-14/h4-10,18H,3H2,1-2H3. The molecule has 0 spiro atoms. The Bertz CT molecular complexity index is 929. The molecular formula is C16H16N2O5S. The van der Waals surface area contributed by atoms with Gasteiger partial charge in [0.1, 0.15) is 16.4 Å². The number of hydrogen-bond acceptors (Lipinski definition) is 6. The number of sulfonamides is 1. The molecule has 0 bridgehead atoms. The molecule has 24 heavy (non-hydrogen) atoms. The predicted octanol–water partition coefficient (Wildman–Crippen LogP) is 3.44. The minimum atomic E-state index is -3.84. The van der Waals surface area contributed by atoms with Crippen molar-refractivity contribution in [1.82, 2.24) is 5.16 Å². The van der Waals surface area contributed by atoms with Crippen LogP contribution in [0, 0.1) is 6.92 Å². The van der Waals surface area contributed by atoms with Crippen LogP contribution in [0.3, 0.4) is 0 Å². The number of aromatic nitrogens is 1. The third kappa shape index (κ3) is 3.13. The summed E-state index contributed by atoms with van der Waals surface area (Å²) < 4.78 is 43.8. The molecular weight excluding hydrogens is 332 g/mol. The van der Waals surface area contributed by atoms with E-state index in [-0.39, 0.29) is 10.7 Å². The van der Waals surface area contributed by atoms with Gasteiger partial charge in [0.2, 0.25) is 5.76 Å². The largest absolute Gasteiger partial charge is 0.492 e. The quantitative estimate of drug-likeness (QED) is 0.733. The highest BCUT2D eigenvalue weighted by Crippen LogP contribution is 2.31. The molecule has 2 heterocycles. The maximum absolute atomic E-state index is 12.7. The summed E-state index contributed by atoms with van der Waals surface area (Å²) in [4.78, 5) is 0.0280. The van der Waals surface area contributed by atoms with E-state index in [1.165, 1.54) is 12.3 Å². The summed E-state index contributed by atoms with van der Waals surface area (Å²) in [7, 11) is -3.84. The Morgan fingerprint density at radius 2 is 2.00 bits per heavy atom. The molecule has 8 heteroatoms. The second kappa shape index (κ2) is 6.40. The molecule has 0 saturated heterocycles. The van der Waals surface area contributed by atoms with Crippen molar-refractivity contribution < 1.29 is 22.1 Å². The summed E-state index contributed by atoms with van der Waals surface area (Å²) in [5.41, 5.74) is 0.362. The lowest BCUT2D eigenvalue weighted by Crippen LogP contribution is -2.14. The van der Waals surface area contributed by atoms with Crippen molar-refractivity contribution in [3.8, 4) is 17.3 Å². The van der Waals surface area contributed by atoms with Crippen LogP contribution in [0.5, 0.6) is 5.75 Å². The molecule has 0 radical (unpaired) electrons. The number of furan rings is 1. The normalized spacial score (nSPS) is 11.4. The monoisotopic (exact) mass is 348 g/mol. The molecule has 0 aliphatic heterocycles. The van der Waals surface area contributed by atoms with Gasteiger partial charge < -0.3 is 13.7 Å². The molecule has 3 rings (SSSR count). The minimum absolute atomic E-state index is 0.0280. The Balaban J connectivity index is 1.94. The number of hydrogen-bond donors (Lipinski definition) is 1. The lowest BCUT2D eigenvalue weighted by Gasteiger charge is -2.12. The van der Waals surface area contributed by atoms with Gasteiger partial charge in [-0.05, 0) is 26.0 Å². The summed E-state index contributed by atoms with van der Waals surface area (Å²) in [5, 5.41) is 3.58. The number of anilines is 1. The van der Waals surface area contributed by atoms with Crippen molar-refractivity contribution in [1.29, 1.82) is 0 Å². The highest BCUT2D eigenvalue weighted by atomic mass is 32.2. The Hall–Kier alpha value is -2.74. The van der Waals surface area contributed by atoms with Crippen LogP contribution in [-0.2, 0) is 10.0 Å². The molecule has 3 aromatic rings. The highest BCUT2D eigenvalue weighted by Gasteiger charge is 2.24. The second-order valence-electron chi connectivity index (χ2n) is 4.94. The first-order valence-electron chi connectivity index (χ1n) is 7.27. The third-order valence-corrected chi connectivity index (χ3v) is 4.75. The summed E-state index contributed by atoms with van der Waals surface area (Å²) in [5.74, 6) is 1.36. The van der Waals surface area contributed by atoms with Crippen LogP contribution in [0.25, 0.3) is 11.5 Å². The Kier molecular flexibility index (Phi) is 4.30. The fraction of sp³-hybridized carbons (Fsp3) is 0.188. The number of para-hydroxylation sites is 2. The maximum Gasteiger partial charge on any atom is 0.265 e. The molecule has 0 amide bonds. The first kappa shape index (κ1) is 16.1. The van der Waals surface area contributed by atoms with E-state index in [9.17, 15) is 8.42 Å². The first-order chi connectivity index (χ1) is 11.5. The van der Waals surface area contributed by atoms with Crippen LogP contribution < -0.4 is 9.46 Å². The molecule has 2 aromatic heterocycles. The summed E-state index contributed by atoms with van der Waals surface area (Å²) in [6, 6.07) is 9.82. The zero-order valence-electron chi connectivity index (χ0n) is 13.1. The van der Waals surface area contributed by atoms with E-state index in [0.29, 0.717) is 29.6 Å².